The number of hydrogen-bond acceptors (Lipinski definition) is 1. The lowest BCUT2D eigenvalue weighted by atomic mass is 9.85. The van der Waals surface area contributed by atoms with Crippen molar-refractivity contribution in [1.29, 1.82) is 0 Å². The van der Waals surface area contributed by atoms with Crippen LogP contribution in [0.15, 0.2) is 0 Å². The highest BCUT2D eigenvalue weighted by molar-refractivity contribution is 5.25. The first-order valence-corrected chi connectivity index (χ1v) is 2.72. The van der Waals surface area contributed by atoms with Gasteiger partial charge in [-0.25, -0.2) is 0 Å². The molecule has 1 heteroatoms. The van der Waals surface area contributed by atoms with E-state index >= 15 is 0 Å². The predicted octanol–water partition coefficient (Wildman–Crippen LogP) is 0.0727. The normalized spacial score (nSPS) is 80.0. The van der Waals surface area contributed by atoms with E-state index in [1.165, 1.54) is 12.5 Å². The van der Waals surface area contributed by atoms with E-state index in [-0.39, 0.29) is 0 Å². The van der Waals surface area contributed by atoms with Crippen LogP contribution in [0.1, 0.15) is 6.42 Å². The molecular formula is C5H7N. The third-order valence-electron chi connectivity index (χ3n) is 2.59. The summed E-state index contributed by atoms with van der Waals surface area (Å²) in [7, 11) is 0. The molecule has 0 bridgehead atoms. The highest BCUT2D eigenvalue weighted by Crippen LogP contribution is 2.59. The van der Waals surface area contributed by atoms with E-state index in [2.05, 4.69) is 4.90 Å². The summed E-state index contributed by atoms with van der Waals surface area (Å²) in [6, 6.07) is 2.24. The van der Waals surface area contributed by atoms with Gasteiger partial charge in [-0.15, -0.1) is 0 Å². The maximum Gasteiger partial charge on any atom is 0.0296 e. The van der Waals surface area contributed by atoms with Crippen molar-refractivity contribution in [3.8, 4) is 0 Å². The van der Waals surface area contributed by atoms with E-state index < -0.39 is 0 Å². The molecule has 0 aromatic heterocycles. The van der Waals surface area contributed by atoms with Crippen molar-refractivity contribution < 1.29 is 0 Å². The minimum Gasteiger partial charge on any atom is -0.294 e. The Hall–Kier alpha value is -0.0400. The van der Waals surface area contributed by atoms with E-state index in [0.29, 0.717) is 0 Å². The lowest BCUT2D eigenvalue weighted by Gasteiger charge is -2.24. The second-order valence-electron chi connectivity index (χ2n) is 2.75. The fourth-order valence-corrected chi connectivity index (χ4v) is 2.04. The summed E-state index contributed by atoms with van der Waals surface area (Å²) in [5.41, 5.74) is 0. The molecule has 3 fully saturated rings. The van der Waals surface area contributed by atoms with E-state index in [9.17, 15) is 0 Å². The zero-order chi connectivity index (χ0) is 3.72. The molecule has 3 aliphatic rings. The van der Waals surface area contributed by atoms with Crippen LogP contribution in [-0.2, 0) is 0 Å². The van der Waals surface area contributed by atoms with E-state index in [0.717, 1.165) is 12.1 Å². The zero-order valence-electron chi connectivity index (χ0n) is 3.59. The third kappa shape index (κ3) is 0.0719. The Morgan fingerprint density at radius 3 is 2.50 bits per heavy atom. The van der Waals surface area contributed by atoms with Gasteiger partial charge in [0.15, 0.2) is 0 Å². The van der Waals surface area contributed by atoms with E-state index in [1.54, 1.807) is 6.42 Å². The molecule has 2 heterocycles. The van der Waals surface area contributed by atoms with Crippen molar-refractivity contribution >= 4 is 0 Å². The number of fused-ring (bicyclic) bond motifs is 1. The summed E-state index contributed by atoms with van der Waals surface area (Å²) in [6.07, 6.45) is 1.55. The molecule has 1 saturated carbocycles. The Morgan fingerprint density at radius 2 is 2.50 bits per heavy atom. The van der Waals surface area contributed by atoms with Gasteiger partial charge in [-0.3, -0.25) is 4.90 Å². The van der Waals surface area contributed by atoms with Crippen molar-refractivity contribution in [2.45, 2.75) is 18.5 Å². The molecule has 1 aliphatic carbocycles. The average molecular weight is 81.1 g/mol. The average Bonchev–Trinajstić information content (AvgIpc) is 2.03. The lowest BCUT2D eigenvalue weighted by Crippen LogP contribution is -2.33. The summed E-state index contributed by atoms with van der Waals surface area (Å²) < 4.78 is 0. The standard InChI is InChI=1S/C5H7N/c1-3-2-6-4(1)5(3)6/h3-5H,1-2H2. The maximum absolute atomic E-state index is 2.59. The quantitative estimate of drug-likeness (QED) is 0.373. The van der Waals surface area contributed by atoms with Crippen LogP contribution in [0.2, 0.25) is 0 Å². The number of hydrogen-bond donors (Lipinski definition) is 0. The van der Waals surface area contributed by atoms with Crippen molar-refractivity contribution in [3.63, 3.8) is 0 Å². The fourth-order valence-electron chi connectivity index (χ4n) is 2.04. The Bertz CT molecular complexity index is 81.4. The highest BCUT2D eigenvalue weighted by Gasteiger charge is 2.69. The Morgan fingerprint density at radius 1 is 1.50 bits per heavy atom. The van der Waals surface area contributed by atoms with Crippen LogP contribution < -0.4 is 0 Å². The molecule has 0 aromatic rings. The fraction of sp³-hybridized carbons (Fsp3) is 1.00. The van der Waals surface area contributed by atoms with Crippen molar-refractivity contribution in [1.82, 2.24) is 4.90 Å². The first-order valence-electron chi connectivity index (χ1n) is 2.72. The molecule has 2 aliphatic heterocycles. The van der Waals surface area contributed by atoms with Gasteiger partial charge < -0.3 is 0 Å². The molecule has 4 atom stereocenters. The molecule has 0 spiro atoms. The summed E-state index contributed by atoms with van der Waals surface area (Å²) >= 11 is 0. The summed E-state index contributed by atoms with van der Waals surface area (Å²) in [5.74, 6) is 1.18. The molecule has 0 amide bonds. The van der Waals surface area contributed by atoms with Gasteiger partial charge in [-0.2, -0.15) is 0 Å². The smallest absolute Gasteiger partial charge is 0.0296 e. The molecule has 2 saturated heterocycles. The first kappa shape index (κ1) is 2.31. The second kappa shape index (κ2) is 0.399. The molecule has 6 heavy (non-hydrogen) atoms. The van der Waals surface area contributed by atoms with Crippen LogP contribution in [0.5, 0.6) is 0 Å². The molecule has 0 N–H and O–H groups in total. The Balaban J connectivity index is 2.21. The van der Waals surface area contributed by atoms with Crippen LogP contribution in [0.4, 0.5) is 0 Å². The van der Waals surface area contributed by atoms with Crippen LogP contribution >= 0.6 is 0 Å². The van der Waals surface area contributed by atoms with Gasteiger partial charge in [0.25, 0.3) is 0 Å². The Labute approximate surface area is 36.9 Å². The third-order valence-corrected chi connectivity index (χ3v) is 2.59. The first-order chi connectivity index (χ1) is 2.97. The second-order valence-corrected chi connectivity index (χ2v) is 2.75. The molecule has 4 unspecified atom stereocenters. The zero-order valence-corrected chi connectivity index (χ0v) is 3.59. The van der Waals surface area contributed by atoms with Crippen molar-refractivity contribution in [2.75, 3.05) is 6.54 Å². The van der Waals surface area contributed by atoms with Gasteiger partial charge in [-0.05, 0) is 12.3 Å². The van der Waals surface area contributed by atoms with Crippen molar-refractivity contribution in [3.05, 3.63) is 0 Å². The van der Waals surface area contributed by atoms with Crippen LogP contribution in [0.3, 0.4) is 0 Å². The minimum atomic E-state index is 1.11. The Kier molecular flexibility index (Phi) is 0.154. The van der Waals surface area contributed by atoms with Crippen molar-refractivity contribution in [2.24, 2.45) is 5.92 Å². The monoisotopic (exact) mass is 81.1 g/mol. The topological polar surface area (TPSA) is 3.01 Å². The molecule has 3 rings (SSSR count). The number of piperidine rings is 1. The maximum atomic E-state index is 2.59. The molecule has 32 valence electrons. The molecular weight excluding hydrogens is 74.1 g/mol. The number of nitrogens with zero attached hydrogens (tertiary/aromatic N) is 1. The molecule has 0 aromatic carbocycles. The molecule has 1 nitrogen and oxygen atoms in total. The summed E-state index contributed by atoms with van der Waals surface area (Å²) in [5, 5.41) is 0. The van der Waals surface area contributed by atoms with Gasteiger partial charge in [-0.1, -0.05) is 0 Å². The summed E-state index contributed by atoms with van der Waals surface area (Å²) in [6.45, 7) is 1.45. The van der Waals surface area contributed by atoms with Crippen LogP contribution in [0, 0.1) is 5.92 Å². The van der Waals surface area contributed by atoms with Gasteiger partial charge in [0.1, 0.15) is 0 Å². The number of rotatable bonds is 0. The lowest BCUT2D eigenvalue weighted by molar-refractivity contribution is 0.272. The SMILES string of the molecule is C1C2CN3C1C23. The summed E-state index contributed by atoms with van der Waals surface area (Å²) in [4.78, 5) is 2.59. The minimum absolute atomic E-state index is 1.11. The van der Waals surface area contributed by atoms with Gasteiger partial charge in [0.05, 0.1) is 0 Å². The van der Waals surface area contributed by atoms with Gasteiger partial charge in [0.2, 0.25) is 0 Å². The van der Waals surface area contributed by atoms with E-state index in [1.807, 2.05) is 0 Å². The predicted molar refractivity (Wildman–Crippen MR) is 22.4 cm³/mol. The highest BCUT2D eigenvalue weighted by atomic mass is 15.5. The van der Waals surface area contributed by atoms with E-state index in [4.69, 9.17) is 0 Å². The van der Waals surface area contributed by atoms with Crippen LogP contribution in [-0.4, -0.2) is 23.5 Å². The van der Waals surface area contributed by atoms with Gasteiger partial charge in [0, 0.05) is 18.6 Å². The molecule has 0 radical (unpaired) electrons. The largest absolute Gasteiger partial charge is 0.294 e. The van der Waals surface area contributed by atoms with Gasteiger partial charge >= 0.3 is 0 Å². The van der Waals surface area contributed by atoms with Crippen LogP contribution in [0.25, 0.3) is 0 Å².